The molecule has 0 bridgehead atoms. The third-order valence-corrected chi connectivity index (χ3v) is 4.31. The highest BCUT2D eigenvalue weighted by Gasteiger charge is 2.36. The van der Waals surface area contributed by atoms with Gasteiger partial charge in [0.25, 0.3) is 0 Å². The average molecular weight is 289 g/mol. The first-order valence-corrected chi connectivity index (χ1v) is 7.34. The highest BCUT2D eigenvalue weighted by atomic mass is 16.2. The Bertz CT molecular complexity index is 524. The number of carbonyl (C=O) groups is 2. The van der Waals surface area contributed by atoms with Crippen LogP contribution in [0, 0.1) is 5.92 Å². The van der Waals surface area contributed by atoms with Crippen molar-refractivity contribution in [3.05, 3.63) is 35.4 Å². The Morgan fingerprint density at radius 2 is 1.95 bits per heavy atom. The van der Waals surface area contributed by atoms with Crippen LogP contribution in [0.1, 0.15) is 30.4 Å². The fourth-order valence-corrected chi connectivity index (χ4v) is 2.68. The van der Waals surface area contributed by atoms with E-state index in [1.807, 2.05) is 24.3 Å². The van der Waals surface area contributed by atoms with Crippen LogP contribution in [0.2, 0.25) is 0 Å². The van der Waals surface area contributed by atoms with Gasteiger partial charge in [-0.15, -0.1) is 0 Å². The van der Waals surface area contributed by atoms with Crippen LogP contribution in [0.3, 0.4) is 0 Å². The predicted molar refractivity (Wildman–Crippen MR) is 81.1 cm³/mol. The van der Waals surface area contributed by atoms with Gasteiger partial charge in [-0.25, -0.2) is 0 Å². The first-order chi connectivity index (χ1) is 10.0. The third kappa shape index (κ3) is 3.82. The summed E-state index contributed by atoms with van der Waals surface area (Å²) >= 11 is 0. The van der Waals surface area contributed by atoms with Gasteiger partial charge in [-0.1, -0.05) is 24.3 Å². The summed E-state index contributed by atoms with van der Waals surface area (Å²) in [6, 6.07) is 8.16. The first-order valence-electron chi connectivity index (χ1n) is 7.34. The minimum atomic E-state index is -0.259. The molecule has 2 amide bonds. The molecule has 21 heavy (non-hydrogen) atoms. The van der Waals surface area contributed by atoms with Crippen LogP contribution in [-0.4, -0.2) is 29.8 Å². The van der Waals surface area contributed by atoms with Gasteiger partial charge >= 0.3 is 0 Å². The van der Waals surface area contributed by atoms with Crippen LogP contribution in [0.25, 0.3) is 0 Å². The van der Waals surface area contributed by atoms with E-state index in [4.69, 9.17) is 11.5 Å². The molecule has 0 heterocycles. The molecule has 1 aromatic rings. The summed E-state index contributed by atoms with van der Waals surface area (Å²) in [7, 11) is 1.81. The lowest BCUT2D eigenvalue weighted by atomic mass is 9.79. The summed E-state index contributed by atoms with van der Waals surface area (Å²) in [5, 5.41) is 0. The number of hydrogen-bond donors (Lipinski definition) is 2. The van der Waals surface area contributed by atoms with Gasteiger partial charge in [-0.2, -0.15) is 0 Å². The number of benzene rings is 1. The number of rotatable bonds is 6. The molecule has 1 saturated carbocycles. The molecule has 0 radical (unpaired) electrons. The summed E-state index contributed by atoms with van der Waals surface area (Å²) in [5.41, 5.74) is 13.1. The van der Waals surface area contributed by atoms with E-state index in [1.54, 1.807) is 11.9 Å². The SMILES string of the molecule is CN(C(=O)CCc1cccc(CN)c1)C1CC(C(N)=O)C1. The molecule has 0 atom stereocenters. The molecule has 0 aliphatic heterocycles. The molecule has 2 rings (SSSR count). The minimum absolute atomic E-state index is 0.0634. The standard InChI is InChI=1S/C16H23N3O2/c1-19(14-8-13(9-14)16(18)21)15(20)6-5-11-3-2-4-12(7-11)10-17/h2-4,7,13-14H,5-6,8-10,17H2,1H3,(H2,18,21). The molecule has 114 valence electrons. The van der Waals surface area contributed by atoms with Crippen LogP contribution in [0.15, 0.2) is 24.3 Å². The molecule has 0 spiro atoms. The van der Waals surface area contributed by atoms with Crippen molar-refractivity contribution in [2.24, 2.45) is 17.4 Å². The van der Waals surface area contributed by atoms with Crippen molar-refractivity contribution in [3.63, 3.8) is 0 Å². The second-order valence-electron chi connectivity index (χ2n) is 5.75. The highest BCUT2D eigenvalue weighted by Crippen LogP contribution is 2.31. The number of nitrogens with two attached hydrogens (primary N) is 2. The van der Waals surface area contributed by atoms with E-state index in [-0.39, 0.29) is 23.8 Å². The molecule has 1 aromatic carbocycles. The van der Waals surface area contributed by atoms with Crippen LogP contribution in [-0.2, 0) is 22.6 Å². The highest BCUT2D eigenvalue weighted by molar-refractivity contribution is 5.79. The zero-order valence-electron chi connectivity index (χ0n) is 12.4. The molecule has 5 nitrogen and oxygen atoms in total. The van der Waals surface area contributed by atoms with Gasteiger partial charge in [0, 0.05) is 32.0 Å². The van der Waals surface area contributed by atoms with Crippen molar-refractivity contribution in [2.75, 3.05) is 7.05 Å². The lowest BCUT2D eigenvalue weighted by Crippen LogP contribution is -2.49. The van der Waals surface area contributed by atoms with Gasteiger partial charge in [-0.3, -0.25) is 9.59 Å². The third-order valence-electron chi connectivity index (χ3n) is 4.31. The van der Waals surface area contributed by atoms with Gasteiger partial charge in [0.1, 0.15) is 0 Å². The molecule has 4 N–H and O–H groups in total. The number of nitrogens with zero attached hydrogens (tertiary/aromatic N) is 1. The summed E-state index contributed by atoms with van der Waals surface area (Å²) in [5.74, 6) is -0.210. The smallest absolute Gasteiger partial charge is 0.222 e. The number of hydrogen-bond acceptors (Lipinski definition) is 3. The Kier molecular flexibility index (Phi) is 4.96. The van der Waals surface area contributed by atoms with E-state index in [0.29, 0.717) is 32.2 Å². The predicted octanol–water partition coefficient (Wildman–Crippen LogP) is 0.800. The van der Waals surface area contributed by atoms with Gasteiger partial charge < -0.3 is 16.4 Å². The first kappa shape index (κ1) is 15.5. The summed E-state index contributed by atoms with van der Waals surface area (Å²) in [6.07, 6.45) is 2.58. The maximum atomic E-state index is 12.2. The van der Waals surface area contributed by atoms with Crippen molar-refractivity contribution in [3.8, 4) is 0 Å². The van der Waals surface area contributed by atoms with Gasteiger partial charge in [-0.05, 0) is 30.4 Å². The number of amides is 2. The Balaban J connectivity index is 1.80. The van der Waals surface area contributed by atoms with E-state index in [1.165, 1.54) is 0 Å². The molecule has 1 aliphatic carbocycles. The second-order valence-corrected chi connectivity index (χ2v) is 5.75. The van der Waals surface area contributed by atoms with Crippen molar-refractivity contribution in [1.29, 1.82) is 0 Å². The molecule has 5 heteroatoms. The van der Waals surface area contributed by atoms with Crippen molar-refractivity contribution < 1.29 is 9.59 Å². The fourth-order valence-electron chi connectivity index (χ4n) is 2.68. The minimum Gasteiger partial charge on any atom is -0.369 e. The summed E-state index contributed by atoms with van der Waals surface area (Å²) < 4.78 is 0. The van der Waals surface area contributed by atoms with Gasteiger partial charge in [0.05, 0.1) is 0 Å². The largest absolute Gasteiger partial charge is 0.369 e. The van der Waals surface area contributed by atoms with Crippen molar-refractivity contribution in [2.45, 2.75) is 38.3 Å². The Hall–Kier alpha value is -1.88. The lowest BCUT2D eigenvalue weighted by Gasteiger charge is -2.39. The molecule has 0 unspecified atom stereocenters. The van der Waals surface area contributed by atoms with E-state index in [0.717, 1.165) is 11.1 Å². The Morgan fingerprint density at radius 1 is 1.29 bits per heavy atom. The lowest BCUT2D eigenvalue weighted by molar-refractivity contribution is -0.138. The quantitative estimate of drug-likeness (QED) is 0.811. The monoisotopic (exact) mass is 289 g/mol. The maximum Gasteiger partial charge on any atom is 0.222 e. The van der Waals surface area contributed by atoms with Crippen molar-refractivity contribution in [1.82, 2.24) is 4.90 Å². The normalized spacial score (nSPS) is 20.7. The molecule has 0 saturated heterocycles. The summed E-state index contributed by atoms with van der Waals surface area (Å²) in [6.45, 7) is 0.512. The fraction of sp³-hybridized carbons (Fsp3) is 0.500. The van der Waals surface area contributed by atoms with E-state index in [2.05, 4.69) is 0 Å². The maximum absolute atomic E-state index is 12.2. The average Bonchev–Trinajstić information content (AvgIpc) is 2.42. The van der Waals surface area contributed by atoms with Crippen LogP contribution >= 0.6 is 0 Å². The zero-order chi connectivity index (χ0) is 15.4. The van der Waals surface area contributed by atoms with E-state index >= 15 is 0 Å². The van der Waals surface area contributed by atoms with Gasteiger partial charge in [0.2, 0.25) is 11.8 Å². The van der Waals surface area contributed by atoms with Crippen LogP contribution in [0.5, 0.6) is 0 Å². The Morgan fingerprint density at radius 3 is 2.57 bits per heavy atom. The molecule has 1 fully saturated rings. The number of primary amides is 1. The van der Waals surface area contributed by atoms with Crippen molar-refractivity contribution >= 4 is 11.8 Å². The molecular weight excluding hydrogens is 266 g/mol. The van der Waals surface area contributed by atoms with Crippen LogP contribution in [0.4, 0.5) is 0 Å². The van der Waals surface area contributed by atoms with Crippen LogP contribution < -0.4 is 11.5 Å². The number of carbonyl (C=O) groups excluding carboxylic acids is 2. The molecular formula is C16H23N3O2. The Labute approximate surface area is 125 Å². The number of aryl methyl sites for hydroxylation is 1. The second kappa shape index (κ2) is 6.72. The van der Waals surface area contributed by atoms with E-state index in [9.17, 15) is 9.59 Å². The molecule has 0 aromatic heterocycles. The zero-order valence-corrected chi connectivity index (χ0v) is 12.4. The van der Waals surface area contributed by atoms with E-state index < -0.39 is 0 Å². The topological polar surface area (TPSA) is 89.4 Å². The van der Waals surface area contributed by atoms with Gasteiger partial charge in [0.15, 0.2) is 0 Å². The molecule has 1 aliphatic rings. The summed E-state index contributed by atoms with van der Waals surface area (Å²) in [4.78, 5) is 24.9.